The summed E-state index contributed by atoms with van der Waals surface area (Å²) < 4.78 is 38.5. The van der Waals surface area contributed by atoms with Crippen LogP contribution in [-0.2, 0) is 6.18 Å². The van der Waals surface area contributed by atoms with Crippen molar-refractivity contribution in [1.29, 1.82) is 0 Å². The molecule has 0 aromatic carbocycles. The molecule has 2 N–H and O–H groups in total. The van der Waals surface area contributed by atoms with Crippen LogP contribution in [0.5, 0.6) is 0 Å². The molecule has 0 saturated carbocycles. The average Bonchev–Trinajstić information content (AvgIpc) is 2.76. The average molecular weight is 271 g/mol. The smallest absolute Gasteiger partial charge is 0.384 e. The number of alkyl halides is 3. The molecule has 102 valence electrons. The molecule has 2 rings (SSSR count). The van der Waals surface area contributed by atoms with Crippen LogP contribution in [0.25, 0.3) is 5.82 Å². The van der Waals surface area contributed by atoms with Crippen LogP contribution in [0.3, 0.4) is 0 Å². The maximum atomic E-state index is 12.5. The number of hydrogen-bond acceptors (Lipinski definition) is 4. The van der Waals surface area contributed by atoms with Crippen LogP contribution in [-0.4, -0.2) is 19.7 Å². The van der Waals surface area contributed by atoms with Crippen LogP contribution in [0.15, 0.2) is 18.5 Å². The first-order valence-corrected chi connectivity index (χ1v) is 5.54. The lowest BCUT2D eigenvalue weighted by Gasteiger charge is -2.07. The molecule has 19 heavy (non-hydrogen) atoms. The van der Waals surface area contributed by atoms with Crippen LogP contribution >= 0.6 is 0 Å². The van der Waals surface area contributed by atoms with Gasteiger partial charge in [-0.25, -0.2) is 14.6 Å². The third-order valence-electron chi connectivity index (χ3n) is 2.41. The van der Waals surface area contributed by atoms with E-state index in [1.54, 1.807) is 0 Å². The van der Waals surface area contributed by atoms with Crippen LogP contribution in [0.4, 0.5) is 19.0 Å². The van der Waals surface area contributed by atoms with Gasteiger partial charge in [0.2, 0.25) is 0 Å². The second-order valence-electron chi connectivity index (χ2n) is 4.34. The van der Waals surface area contributed by atoms with Gasteiger partial charge in [0.05, 0.1) is 11.8 Å². The number of rotatable bonds is 2. The highest BCUT2D eigenvalue weighted by molar-refractivity contribution is 5.37. The van der Waals surface area contributed by atoms with Crippen molar-refractivity contribution in [2.24, 2.45) is 0 Å². The van der Waals surface area contributed by atoms with E-state index in [-0.39, 0.29) is 17.6 Å². The molecule has 2 aromatic rings. The standard InChI is InChI=1S/C11H12F3N5/c1-6(2)10-17-8(15)3-9(18-10)19-5-7(4-16-19)11(12,13)14/h3-6H,1-2H3,(H2,15,17,18). The van der Waals surface area contributed by atoms with Crippen molar-refractivity contribution in [1.82, 2.24) is 19.7 Å². The minimum absolute atomic E-state index is 0.0138. The van der Waals surface area contributed by atoms with E-state index in [9.17, 15) is 13.2 Å². The molecule has 0 amide bonds. The van der Waals surface area contributed by atoms with Crippen molar-refractivity contribution in [2.75, 3.05) is 5.73 Å². The molecule has 0 spiro atoms. The Labute approximate surface area is 107 Å². The molecule has 2 heterocycles. The number of nitrogens with two attached hydrogens (primary N) is 1. The number of nitrogens with zero attached hydrogens (tertiary/aromatic N) is 4. The summed E-state index contributed by atoms with van der Waals surface area (Å²) in [5.41, 5.74) is 4.78. The Morgan fingerprint density at radius 1 is 1.26 bits per heavy atom. The molecule has 0 atom stereocenters. The van der Waals surface area contributed by atoms with Crippen molar-refractivity contribution in [3.05, 3.63) is 29.8 Å². The maximum absolute atomic E-state index is 12.5. The molecular weight excluding hydrogens is 259 g/mol. The number of aromatic nitrogens is 4. The molecule has 0 aliphatic heterocycles. The van der Waals surface area contributed by atoms with E-state index in [1.807, 2.05) is 13.8 Å². The molecule has 0 unspecified atom stereocenters. The molecular formula is C11H12F3N5. The second-order valence-corrected chi connectivity index (χ2v) is 4.34. The van der Waals surface area contributed by atoms with Gasteiger partial charge >= 0.3 is 6.18 Å². The fourth-order valence-electron chi connectivity index (χ4n) is 1.44. The van der Waals surface area contributed by atoms with Gasteiger partial charge in [-0.3, -0.25) is 0 Å². The maximum Gasteiger partial charge on any atom is 0.419 e. The minimum atomic E-state index is -4.43. The summed E-state index contributed by atoms with van der Waals surface area (Å²) in [6, 6.07) is 1.37. The van der Waals surface area contributed by atoms with Gasteiger partial charge in [-0.15, -0.1) is 0 Å². The van der Waals surface area contributed by atoms with E-state index in [2.05, 4.69) is 15.1 Å². The third-order valence-corrected chi connectivity index (χ3v) is 2.41. The topological polar surface area (TPSA) is 69.6 Å². The number of anilines is 1. The fraction of sp³-hybridized carbons (Fsp3) is 0.364. The first-order valence-electron chi connectivity index (χ1n) is 5.54. The van der Waals surface area contributed by atoms with E-state index in [1.165, 1.54) is 6.07 Å². The van der Waals surface area contributed by atoms with Gasteiger partial charge in [0.1, 0.15) is 11.6 Å². The van der Waals surface area contributed by atoms with E-state index in [0.29, 0.717) is 5.82 Å². The highest BCUT2D eigenvalue weighted by atomic mass is 19.4. The van der Waals surface area contributed by atoms with Crippen LogP contribution < -0.4 is 5.73 Å². The van der Waals surface area contributed by atoms with Crippen molar-refractivity contribution < 1.29 is 13.2 Å². The lowest BCUT2D eigenvalue weighted by atomic mass is 10.2. The summed E-state index contributed by atoms with van der Waals surface area (Å²) in [4.78, 5) is 8.16. The van der Waals surface area contributed by atoms with E-state index < -0.39 is 11.7 Å². The summed E-state index contributed by atoms with van der Waals surface area (Å²) in [5.74, 6) is 0.878. The number of halogens is 3. The van der Waals surface area contributed by atoms with Gasteiger partial charge < -0.3 is 5.73 Å². The van der Waals surface area contributed by atoms with Gasteiger partial charge in [-0.1, -0.05) is 13.8 Å². The quantitative estimate of drug-likeness (QED) is 0.910. The van der Waals surface area contributed by atoms with E-state index in [4.69, 9.17) is 5.73 Å². The predicted octanol–water partition coefficient (Wildman–Crippen LogP) is 2.39. The Morgan fingerprint density at radius 2 is 1.95 bits per heavy atom. The SMILES string of the molecule is CC(C)c1nc(N)cc(-n2cc(C(F)(F)F)cn2)n1. The highest BCUT2D eigenvalue weighted by Gasteiger charge is 2.32. The number of nitrogen functional groups attached to an aromatic ring is 1. The Balaban J connectivity index is 2.44. The second kappa shape index (κ2) is 4.52. The Morgan fingerprint density at radius 3 is 2.47 bits per heavy atom. The Hall–Kier alpha value is -2.12. The van der Waals surface area contributed by atoms with Crippen molar-refractivity contribution in [3.8, 4) is 5.82 Å². The van der Waals surface area contributed by atoms with Crippen molar-refractivity contribution >= 4 is 5.82 Å². The first kappa shape index (κ1) is 13.3. The minimum Gasteiger partial charge on any atom is -0.384 e. The van der Waals surface area contributed by atoms with Crippen LogP contribution in [0.1, 0.15) is 31.2 Å². The number of hydrogen-bond donors (Lipinski definition) is 1. The van der Waals surface area contributed by atoms with Gasteiger partial charge in [0, 0.05) is 18.2 Å². The van der Waals surface area contributed by atoms with Crippen molar-refractivity contribution in [2.45, 2.75) is 25.9 Å². The van der Waals surface area contributed by atoms with Gasteiger partial charge in [-0.05, 0) is 0 Å². The zero-order chi connectivity index (χ0) is 14.2. The van der Waals surface area contributed by atoms with Gasteiger partial charge in [0.25, 0.3) is 0 Å². The molecule has 0 fully saturated rings. The zero-order valence-corrected chi connectivity index (χ0v) is 10.3. The molecule has 0 aliphatic rings. The van der Waals surface area contributed by atoms with Crippen molar-refractivity contribution in [3.63, 3.8) is 0 Å². The van der Waals surface area contributed by atoms with Gasteiger partial charge in [0.15, 0.2) is 5.82 Å². The van der Waals surface area contributed by atoms with Crippen LogP contribution in [0, 0.1) is 0 Å². The molecule has 2 aromatic heterocycles. The fourth-order valence-corrected chi connectivity index (χ4v) is 1.44. The van der Waals surface area contributed by atoms with Gasteiger partial charge in [-0.2, -0.15) is 18.3 Å². The van der Waals surface area contributed by atoms with E-state index in [0.717, 1.165) is 17.1 Å². The molecule has 0 bridgehead atoms. The van der Waals surface area contributed by atoms with E-state index >= 15 is 0 Å². The predicted molar refractivity (Wildman–Crippen MR) is 62.7 cm³/mol. The summed E-state index contributed by atoms with van der Waals surface area (Å²) in [6.07, 6.45) is -2.82. The Bertz CT molecular complexity index is 588. The highest BCUT2D eigenvalue weighted by Crippen LogP contribution is 2.29. The molecule has 8 heteroatoms. The largest absolute Gasteiger partial charge is 0.419 e. The third kappa shape index (κ3) is 2.83. The summed E-state index contributed by atoms with van der Waals surface area (Å²) in [6.45, 7) is 3.73. The summed E-state index contributed by atoms with van der Waals surface area (Å²) in [7, 11) is 0. The van der Waals surface area contributed by atoms with Crippen LogP contribution in [0.2, 0.25) is 0 Å². The molecule has 0 saturated heterocycles. The molecule has 0 aliphatic carbocycles. The lowest BCUT2D eigenvalue weighted by molar-refractivity contribution is -0.137. The monoisotopic (exact) mass is 271 g/mol. The summed E-state index contributed by atoms with van der Waals surface area (Å²) >= 11 is 0. The zero-order valence-electron chi connectivity index (χ0n) is 10.3. The Kier molecular flexibility index (Phi) is 3.17. The normalized spacial score (nSPS) is 12.1. The summed E-state index contributed by atoms with van der Waals surface area (Å²) in [5, 5.41) is 3.65. The molecule has 5 nitrogen and oxygen atoms in total. The first-order chi connectivity index (χ1) is 8.77. The lowest BCUT2D eigenvalue weighted by Crippen LogP contribution is -2.07. The molecule has 0 radical (unpaired) electrons.